The zero-order valence-electron chi connectivity index (χ0n) is 16.8. The Labute approximate surface area is 173 Å². The van der Waals surface area contributed by atoms with Gasteiger partial charge in [0.15, 0.2) is 0 Å². The van der Waals surface area contributed by atoms with Crippen LogP contribution in [0, 0.1) is 23.2 Å². The largest absolute Gasteiger partial charge is 0.459 e. The topological polar surface area (TPSA) is 82.8 Å². The van der Waals surface area contributed by atoms with Crippen LogP contribution in [0.2, 0.25) is 0 Å². The molecule has 2 aromatic heterocycles. The van der Waals surface area contributed by atoms with Crippen molar-refractivity contribution in [1.29, 1.82) is 0 Å². The first-order valence-electron chi connectivity index (χ1n) is 10.7. The Bertz CT molecular complexity index is 947. The predicted molar refractivity (Wildman–Crippen MR) is 108 cm³/mol. The number of nitrogens with zero attached hydrogens (tertiary/aromatic N) is 3. The molecule has 0 amide bonds. The van der Waals surface area contributed by atoms with E-state index in [1.165, 1.54) is 41.2 Å². The standard InChI is InChI=1S/C21H27N3O4S/c1-2-27-4-3-17-23-24-18(25)8-16(22-20(24)29-17)12-28-19(26)21-9-13-5-14(10-21)7-15(6-13)11-21/h8,13-15H,2-7,9-12H2,1H3. The van der Waals surface area contributed by atoms with E-state index in [0.29, 0.717) is 48.0 Å². The molecular weight excluding hydrogens is 390 g/mol. The van der Waals surface area contributed by atoms with E-state index in [0.717, 1.165) is 24.3 Å². The summed E-state index contributed by atoms with van der Waals surface area (Å²) < 4.78 is 12.4. The van der Waals surface area contributed by atoms with Gasteiger partial charge in [0.1, 0.15) is 11.6 Å². The number of carbonyl (C=O) groups is 1. The fourth-order valence-electron chi connectivity index (χ4n) is 6.03. The van der Waals surface area contributed by atoms with Gasteiger partial charge in [0.05, 0.1) is 17.7 Å². The zero-order chi connectivity index (χ0) is 20.0. The van der Waals surface area contributed by atoms with Gasteiger partial charge in [-0.25, -0.2) is 4.98 Å². The molecule has 4 fully saturated rings. The second-order valence-corrected chi connectivity index (χ2v) is 10.0. The molecule has 4 aliphatic rings. The van der Waals surface area contributed by atoms with Crippen LogP contribution in [0.3, 0.4) is 0 Å². The minimum absolute atomic E-state index is 0.0541. The molecule has 0 aromatic carbocycles. The van der Waals surface area contributed by atoms with Crippen LogP contribution in [0.1, 0.15) is 56.2 Å². The van der Waals surface area contributed by atoms with Crippen molar-refractivity contribution in [1.82, 2.24) is 14.6 Å². The number of aromatic nitrogens is 3. The Morgan fingerprint density at radius 3 is 2.59 bits per heavy atom. The van der Waals surface area contributed by atoms with E-state index in [-0.39, 0.29) is 23.6 Å². The number of hydrogen-bond donors (Lipinski definition) is 0. The van der Waals surface area contributed by atoms with Gasteiger partial charge in [0, 0.05) is 19.1 Å². The summed E-state index contributed by atoms with van der Waals surface area (Å²) in [5.74, 6) is 2.00. The van der Waals surface area contributed by atoms with Gasteiger partial charge in [-0.1, -0.05) is 11.3 Å². The smallest absolute Gasteiger partial charge is 0.312 e. The lowest BCUT2D eigenvalue weighted by atomic mass is 9.49. The van der Waals surface area contributed by atoms with Gasteiger partial charge in [-0.15, -0.1) is 0 Å². The van der Waals surface area contributed by atoms with Gasteiger partial charge >= 0.3 is 5.97 Å². The van der Waals surface area contributed by atoms with Crippen LogP contribution >= 0.6 is 11.3 Å². The van der Waals surface area contributed by atoms with Crippen molar-refractivity contribution < 1.29 is 14.3 Å². The highest BCUT2D eigenvalue weighted by atomic mass is 32.1. The third kappa shape index (κ3) is 3.61. The number of carbonyl (C=O) groups excluding carboxylic acids is 1. The Morgan fingerprint density at radius 1 is 1.24 bits per heavy atom. The maximum atomic E-state index is 13.0. The summed E-state index contributed by atoms with van der Waals surface area (Å²) in [6, 6.07) is 1.42. The van der Waals surface area contributed by atoms with Crippen LogP contribution in [0.15, 0.2) is 10.9 Å². The number of hydrogen-bond acceptors (Lipinski definition) is 7. The van der Waals surface area contributed by atoms with E-state index in [1.807, 2.05) is 6.92 Å². The fraction of sp³-hybridized carbons (Fsp3) is 0.714. The SMILES string of the molecule is CCOCCc1nn2c(=O)cc(COC(=O)C34CC5CC(CC(C5)C3)C4)nc2s1. The molecule has 2 heterocycles. The van der Waals surface area contributed by atoms with Crippen LogP contribution < -0.4 is 5.56 Å². The van der Waals surface area contributed by atoms with Crippen LogP contribution in [-0.4, -0.2) is 33.8 Å². The molecule has 6 rings (SSSR count). The monoisotopic (exact) mass is 417 g/mol. The van der Waals surface area contributed by atoms with E-state index in [2.05, 4.69) is 10.1 Å². The molecule has 0 unspecified atom stereocenters. The summed E-state index contributed by atoms with van der Waals surface area (Å²) in [5, 5.41) is 5.13. The fourth-order valence-corrected chi connectivity index (χ4v) is 6.93. The van der Waals surface area contributed by atoms with Crippen molar-refractivity contribution in [3.8, 4) is 0 Å². The summed E-state index contributed by atoms with van der Waals surface area (Å²) >= 11 is 1.38. The van der Waals surface area contributed by atoms with Gasteiger partial charge in [-0.05, 0) is 63.2 Å². The first-order valence-corrected chi connectivity index (χ1v) is 11.5. The minimum atomic E-state index is -0.287. The lowest BCUT2D eigenvalue weighted by Crippen LogP contribution is -2.50. The van der Waals surface area contributed by atoms with E-state index in [1.54, 1.807) is 0 Å². The Kier molecular flexibility index (Phi) is 4.94. The molecule has 4 bridgehead atoms. The van der Waals surface area contributed by atoms with Crippen molar-refractivity contribution in [3.63, 3.8) is 0 Å². The summed E-state index contributed by atoms with van der Waals surface area (Å²) in [4.78, 5) is 30.5. The van der Waals surface area contributed by atoms with E-state index in [4.69, 9.17) is 9.47 Å². The highest BCUT2D eigenvalue weighted by Crippen LogP contribution is 2.60. The maximum Gasteiger partial charge on any atom is 0.312 e. The summed E-state index contributed by atoms with van der Waals surface area (Å²) in [5.41, 5.74) is -0.0342. The molecule has 156 valence electrons. The van der Waals surface area contributed by atoms with E-state index >= 15 is 0 Å². The van der Waals surface area contributed by atoms with Gasteiger partial charge in [-0.3, -0.25) is 9.59 Å². The molecule has 0 spiro atoms. The molecule has 2 aromatic rings. The summed E-state index contributed by atoms with van der Waals surface area (Å²) in [6.07, 6.45) is 7.45. The number of esters is 1. The van der Waals surface area contributed by atoms with Crippen LogP contribution in [0.25, 0.3) is 4.96 Å². The van der Waals surface area contributed by atoms with Crippen molar-refractivity contribution in [2.75, 3.05) is 13.2 Å². The molecule has 0 radical (unpaired) electrons. The first-order chi connectivity index (χ1) is 14.0. The van der Waals surface area contributed by atoms with Gasteiger partial charge in [0.25, 0.3) is 5.56 Å². The third-order valence-electron chi connectivity index (χ3n) is 6.83. The highest BCUT2D eigenvalue weighted by molar-refractivity contribution is 7.16. The Balaban J connectivity index is 1.28. The summed E-state index contributed by atoms with van der Waals surface area (Å²) in [6.45, 7) is 3.23. The average Bonchev–Trinajstić information content (AvgIpc) is 3.09. The third-order valence-corrected chi connectivity index (χ3v) is 7.79. The molecular formula is C21H27N3O4S. The normalized spacial score (nSPS) is 30.2. The van der Waals surface area contributed by atoms with Crippen LogP contribution in [0.5, 0.6) is 0 Å². The highest BCUT2D eigenvalue weighted by Gasteiger charge is 2.55. The first kappa shape index (κ1) is 19.2. The Morgan fingerprint density at radius 2 is 1.93 bits per heavy atom. The lowest BCUT2D eigenvalue weighted by Gasteiger charge is -2.55. The predicted octanol–water partition coefficient (Wildman–Crippen LogP) is 2.99. The van der Waals surface area contributed by atoms with Crippen LogP contribution in [-0.2, 0) is 27.3 Å². The van der Waals surface area contributed by atoms with E-state index < -0.39 is 0 Å². The zero-order valence-corrected chi connectivity index (χ0v) is 17.6. The molecule has 7 nitrogen and oxygen atoms in total. The quantitative estimate of drug-likeness (QED) is 0.509. The van der Waals surface area contributed by atoms with Crippen molar-refractivity contribution >= 4 is 22.3 Å². The van der Waals surface area contributed by atoms with Crippen LogP contribution in [0.4, 0.5) is 0 Å². The second kappa shape index (κ2) is 7.47. The van der Waals surface area contributed by atoms with E-state index in [9.17, 15) is 9.59 Å². The average molecular weight is 418 g/mol. The molecule has 0 aliphatic heterocycles. The van der Waals surface area contributed by atoms with Gasteiger partial charge in [0.2, 0.25) is 4.96 Å². The number of ether oxygens (including phenoxy) is 2. The Hall–Kier alpha value is -1.80. The molecule has 29 heavy (non-hydrogen) atoms. The molecule has 0 N–H and O–H groups in total. The second-order valence-electron chi connectivity index (χ2n) is 9.00. The number of fused-ring (bicyclic) bond motifs is 1. The van der Waals surface area contributed by atoms with Gasteiger partial charge in [-0.2, -0.15) is 9.61 Å². The van der Waals surface area contributed by atoms with Crippen molar-refractivity contribution in [2.24, 2.45) is 23.2 Å². The lowest BCUT2D eigenvalue weighted by molar-refractivity contribution is -0.173. The van der Waals surface area contributed by atoms with Crippen molar-refractivity contribution in [2.45, 2.75) is 58.5 Å². The molecule has 4 aliphatic carbocycles. The van der Waals surface area contributed by atoms with Gasteiger partial charge < -0.3 is 9.47 Å². The minimum Gasteiger partial charge on any atom is -0.459 e. The molecule has 0 atom stereocenters. The molecule has 8 heteroatoms. The maximum absolute atomic E-state index is 13.0. The molecule has 0 saturated heterocycles. The van der Waals surface area contributed by atoms with Crippen molar-refractivity contribution in [3.05, 3.63) is 27.1 Å². The summed E-state index contributed by atoms with van der Waals surface area (Å²) in [7, 11) is 0. The molecule has 4 saturated carbocycles. The number of rotatable bonds is 7.